The number of aliphatic imine (C=N–C) groups is 1. The van der Waals surface area contributed by atoms with E-state index in [1.54, 1.807) is 6.20 Å². The number of carboxylic acids is 1. The molecule has 28 heavy (non-hydrogen) atoms. The molecule has 5 nitrogen and oxygen atoms in total. The van der Waals surface area contributed by atoms with Crippen molar-refractivity contribution in [2.45, 2.75) is 74.5 Å². The Kier molecular flexibility index (Phi) is 6.91. The van der Waals surface area contributed by atoms with Gasteiger partial charge in [-0.2, -0.15) is 0 Å². The van der Waals surface area contributed by atoms with Crippen LogP contribution in [0.4, 0.5) is 0 Å². The van der Waals surface area contributed by atoms with Crippen LogP contribution in [0, 0.1) is 5.92 Å². The van der Waals surface area contributed by atoms with Crippen molar-refractivity contribution in [1.82, 2.24) is 10.2 Å². The van der Waals surface area contributed by atoms with Gasteiger partial charge in [0.2, 0.25) is 0 Å². The van der Waals surface area contributed by atoms with Crippen molar-refractivity contribution in [3.63, 3.8) is 0 Å². The van der Waals surface area contributed by atoms with Gasteiger partial charge in [0.15, 0.2) is 0 Å². The van der Waals surface area contributed by atoms with E-state index >= 15 is 0 Å². The Balaban J connectivity index is 1.83. The standard InChI is InChI=1S/C22H33N3O2S/c1-5-23-22(24-16-8-10-17(11-9-16)25(4)6-2)20-14(3)28-18-12-7-15(21(18)20)13-19(26)27/h5-6,14-18H,1-2,7-13H2,3-4H3,(H,23,24)(H,26,27). The second kappa shape index (κ2) is 9.21. The number of aliphatic carboxylic acids is 1. The highest BCUT2D eigenvalue weighted by molar-refractivity contribution is 8.01. The van der Waals surface area contributed by atoms with Crippen molar-refractivity contribution in [2.75, 3.05) is 7.05 Å². The molecular formula is C22H33N3O2S. The second-order valence-electron chi connectivity index (χ2n) is 8.14. The van der Waals surface area contributed by atoms with Crippen LogP contribution in [0.1, 0.15) is 51.9 Å². The zero-order chi connectivity index (χ0) is 20.3. The fraction of sp³-hybridized carbons (Fsp3) is 0.636. The van der Waals surface area contributed by atoms with Crippen LogP contribution in [-0.4, -0.2) is 51.4 Å². The minimum absolute atomic E-state index is 0.142. The minimum atomic E-state index is -0.707. The van der Waals surface area contributed by atoms with Crippen molar-refractivity contribution < 1.29 is 9.90 Å². The second-order valence-corrected chi connectivity index (χ2v) is 9.69. The highest BCUT2D eigenvalue weighted by Gasteiger charge is 2.42. The summed E-state index contributed by atoms with van der Waals surface area (Å²) in [4.78, 5) is 18.7. The Hall–Kier alpha value is -1.69. The van der Waals surface area contributed by atoms with Gasteiger partial charge in [0.1, 0.15) is 5.84 Å². The molecule has 0 aromatic heterocycles. The molecule has 3 atom stereocenters. The maximum absolute atomic E-state index is 11.4. The van der Waals surface area contributed by atoms with Crippen LogP contribution >= 0.6 is 11.8 Å². The van der Waals surface area contributed by atoms with E-state index in [9.17, 15) is 9.90 Å². The number of carboxylic acid groups (broad SMARTS) is 1. The molecule has 3 rings (SSSR count). The minimum Gasteiger partial charge on any atom is -0.481 e. The monoisotopic (exact) mass is 403 g/mol. The van der Waals surface area contributed by atoms with Crippen LogP contribution in [0.25, 0.3) is 0 Å². The summed E-state index contributed by atoms with van der Waals surface area (Å²) in [6.07, 6.45) is 10.3. The first-order valence-corrected chi connectivity index (χ1v) is 11.3. The summed E-state index contributed by atoms with van der Waals surface area (Å²) in [6.45, 7) is 9.95. The largest absolute Gasteiger partial charge is 0.481 e. The fourth-order valence-electron chi connectivity index (χ4n) is 4.97. The van der Waals surface area contributed by atoms with Crippen molar-refractivity contribution in [1.29, 1.82) is 0 Å². The highest BCUT2D eigenvalue weighted by atomic mass is 32.2. The molecule has 2 fully saturated rings. The third kappa shape index (κ3) is 4.48. The maximum Gasteiger partial charge on any atom is 0.303 e. The number of nitrogens with zero attached hydrogens (tertiary/aromatic N) is 2. The molecule has 2 saturated carbocycles. The molecule has 0 spiro atoms. The van der Waals surface area contributed by atoms with Gasteiger partial charge in [0.05, 0.1) is 12.5 Å². The van der Waals surface area contributed by atoms with E-state index in [0.29, 0.717) is 22.6 Å². The molecule has 0 aromatic rings. The van der Waals surface area contributed by atoms with Crippen LogP contribution in [-0.2, 0) is 4.79 Å². The normalized spacial score (nSPS) is 32.8. The number of hydrogen-bond donors (Lipinski definition) is 2. The number of nitrogens with one attached hydrogen (secondary N) is 1. The smallest absolute Gasteiger partial charge is 0.303 e. The fourth-order valence-corrected chi connectivity index (χ4v) is 6.58. The lowest BCUT2D eigenvalue weighted by molar-refractivity contribution is -0.137. The van der Waals surface area contributed by atoms with Gasteiger partial charge < -0.3 is 15.3 Å². The van der Waals surface area contributed by atoms with E-state index in [1.165, 1.54) is 11.1 Å². The Morgan fingerprint density at radius 1 is 1.29 bits per heavy atom. The summed E-state index contributed by atoms with van der Waals surface area (Å²) in [6, 6.07) is 0.863. The Bertz CT molecular complexity index is 679. The van der Waals surface area contributed by atoms with Gasteiger partial charge in [-0.1, -0.05) is 13.2 Å². The number of rotatable bonds is 7. The topological polar surface area (TPSA) is 64.9 Å². The molecule has 0 saturated heterocycles. The van der Waals surface area contributed by atoms with E-state index in [4.69, 9.17) is 4.99 Å². The van der Waals surface area contributed by atoms with Crippen molar-refractivity contribution in [3.8, 4) is 0 Å². The lowest BCUT2D eigenvalue weighted by Gasteiger charge is -2.33. The lowest BCUT2D eigenvalue weighted by Crippen LogP contribution is -2.34. The Morgan fingerprint density at radius 3 is 2.61 bits per heavy atom. The molecule has 0 amide bonds. The Morgan fingerprint density at radius 2 is 2.00 bits per heavy atom. The van der Waals surface area contributed by atoms with Crippen LogP contribution in [0.3, 0.4) is 0 Å². The summed E-state index contributed by atoms with van der Waals surface area (Å²) >= 11 is 1.96. The average Bonchev–Trinajstić information content (AvgIpc) is 3.19. The zero-order valence-corrected chi connectivity index (χ0v) is 17.9. The Labute approximate surface area is 173 Å². The van der Waals surface area contributed by atoms with Gasteiger partial charge in [0.25, 0.3) is 0 Å². The van der Waals surface area contributed by atoms with E-state index < -0.39 is 5.97 Å². The van der Waals surface area contributed by atoms with Gasteiger partial charge >= 0.3 is 5.97 Å². The summed E-state index contributed by atoms with van der Waals surface area (Å²) in [7, 11) is 2.10. The molecule has 0 radical (unpaired) electrons. The SMILES string of the molecule is C=CNC(=NC1CCC(N(C)C=C)CC1)C1=C2C(CC(=O)O)CCC2SC1C. The predicted molar refractivity (Wildman–Crippen MR) is 118 cm³/mol. The zero-order valence-electron chi connectivity index (χ0n) is 17.1. The van der Waals surface area contributed by atoms with E-state index in [1.807, 2.05) is 18.0 Å². The number of thioether (sulfide) groups is 1. The molecule has 1 heterocycles. The van der Waals surface area contributed by atoms with E-state index in [2.05, 4.69) is 37.3 Å². The van der Waals surface area contributed by atoms with Gasteiger partial charge in [-0.25, -0.2) is 0 Å². The van der Waals surface area contributed by atoms with Gasteiger partial charge in [-0.15, -0.1) is 11.8 Å². The summed E-state index contributed by atoms with van der Waals surface area (Å²) in [5.41, 5.74) is 2.57. The molecule has 2 aliphatic carbocycles. The van der Waals surface area contributed by atoms with Crippen LogP contribution in [0.5, 0.6) is 0 Å². The first-order valence-electron chi connectivity index (χ1n) is 10.4. The quantitative estimate of drug-likeness (QED) is 0.493. The van der Waals surface area contributed by atoms with Crippen molar-refractivity contribution in [2.24, 2.45) is 10.9 Å². The highest BCUT2D eigenvalue weighted by Crippen LogP contribution is 2.51. The first-order chi connectivity index (χ1) is 13.4. The summed E-state index contributed by atoms with van der Waals surface area (Å²) < 4.78 is 0. The lowest BCUT2D eigenvalue weighted by atomic mass is 9.90. The van der Waals surface area contributed by atoms with Crippen LogP contribution in [0.2, 0.25) is 0 Å². The molecule has 3 unspecified atom stereocenters. The van der Waals surface area contributed by atoms with E-state index in [0.717, 1.165) is 44.4 Å². The van der Waals surface area contributed by atoms with Crippen LogP contribution < -0.4 is 5.32 Å². The number of amidine groups is 1. The summed E-state index contributed by atoms with van der Waals surface area (Å²) in [5.74, 6) is 0.357. The van der Waals surface area contributed by atoms with Crippen LogP contribution in [0.15, 0.2) is 41.7 Å². The maximum atomic E-state index is 11.4. The third-order valence-corrected chi connectivity index (χ3v) is 7.87. The third-order valence-electron chi connectivity index (χ3n) is 6.41. The number of fused-ring (bicyclic) bond motifs is 1. The van der Waals surface area contributed by atoms with E-state index in [-0.39, 0.29) is 12.3 Å². The molecule has 0 aromatic carbocycles. The first kappa shape index (κ1) is 21.0. The molecule has 3 aliphatic rings. The van der Waals surface area contributed by atoms with Crippen molar-refractivity contribution in [3.05, 3.63) is 36.7 Å². The predicted octanol–water partition coefficient (Wildman–Crippen LogP) is 4.19. The summed E-state index contributed by atoms with van der Waals surface area (Å²) in [5, 5.41) is 13.4. The average molecular weight is 404 g/mol. The molecule has 6 heteroatoms. The number of hydrogen-bond acceptors (Lipinski definition) is 4. The molecule has 0 bridgehead atoms. The molecule has 2 N–H and O–H groups in total. The van der Waals surface area contributed by atoms with Gasteiger partial charge in [-0.05, 0) is 69.3 Å². The molecule has 154 valence electrons. The molecule has 1 aliphatic heterocycles. The van der Waals surface area contributed by atoms with Crippen molar-refractivity contribution >= 4 is 23.6 Å². The van der Waals surface area contributed by atoms with Gasteiger partial charge in [-0.3, -0.25) is 9.79 Å². The molecular weight excluding hydrogens is 370 g/mol. The van der Waals surface area contributed by atoms with Gasteiger partial charge in [0, 0.05) is 29.2 Å². The number of carbonyl (C=O) groups is 1.